The molecule has 1 nitrogen and oxygen atoms in total. The van der Waals surface area contributed by atoms with E-state index in [0.29, 0.717) is 0 Å². The third-order valence-corrected chi connectivity index (χ3v) is 8.96. The molecule has 0 fully saturated rings. The number of aryl methyl sites for hydroxylation is 2. The predicted octanol–water partition coefficient (Wildman–Crippen LogP) is 11.6. The normalized spacial score (nSPS) is 11.7. The van der Waals surface area contributed by atoms with Crippen LogP contribution in [-0.4, -0.2) is 0 Å². The number of rotatable bonds is 10. The first-order valence-electron chi connectivity index (χ1n) is 14.3. The molecule has 0 bridgehead atoms. The summed E-state index contributed by atoms with van der Waals surface area (Å²) in [5.74, 6) is 0. The maximum atomic E-state index is 6.48. The molecular weight excluding hydrogens is 480 g/mol. The predicted molar refractivity (Wildman–Crippen MR) is 166 cm³/mol. The van der Waals surface area contributed by atoms with Crippen molar-refractivity contribution < 1.29 is 4.42 Å². The van der Waals surface area contributed by atoms with Crippen molar-refractivity contribution in [3.63, 3.8) is 0 Å². The fraction of sp³-hybridized carbons (Fsp3) is 0.278. The van der Waals surface area contributed by atoms with Crippen LogP contribution in [0.15, 0.2) is 89.3 Å². The maximum absolute atomic E-state index is 6.48. The summed E-state index contributed by atoms with van der Waals surface area (Å²) < 4.78 is 9.01. The molecule has 0 aliphatic heterocycles. The molecular formula is C36H36OS. The zero-order valence-corrected chi connectivity index (χ0v) is 23.4. The summed E-state index contributed by atoms with van der Waals surface area (Å²) in [6.45, 7) is 4.52. The summed E-state index contributed by atoms with van der Waals surface area (Å²) in [5.41, 5.74) is 9.86. The standard InChI is InChI=1S/C36H36OS/c1-3-5-7-9-25-11-15-27(16-12-25)29-19-21-31-33(23-29)37-35-32-22-20-30(24-34(32)38-36(31)35)28-17-13-26(14-18-28)10-8-6-4-2/h11-24H,3-10H2,1-2H3. The molecule has 0 saturated heterocycles. The van der Waals surface area contributed by atoms with Gasteiger partial charge in [-0.3, -0.25) is 0 Å². The molecule has 2 aromatic heterocycles. The Morgan fingerprint density at radius 1 is 0.553 bits per heavy atom. The van der Waals surface area contributed by atoms with Crippen LogP contribution in [0.1, 0.15) is 63.5 Å². The molecule has 0 aliphatic carbocycles. The highest BCUT2D eigenvalue weighted by molar-refractivity contribution is 7.26. The maximum Gasteiger partial charge on any atom is 0.154 e. The average molecular weight is 517 g/mol. The molecule has 2 heteroatoms. The van der Waals surface area contributed by atoms with Crippen LogP contribution < -0.4 is 0 Å². The molecule has 2 heterocycles. The fourth-order valence-electron chi connectivity index (χ4n) is 5.50. The Morgan fingerprint density at radius 2 is 1.08 bits per heavy atom. The van der Waals surface area contributed by atoms with Gasteiger partial charge in [-0.15, -0.1) is 11.3 Å². The molecule has 0 aliphatic rings. The van der Waals surface area contributed by atoms with Gasteiger partial charge in [-0.1, -0.05) is 100 Å². The van der Waals surface area contributed by atoms with E-state index in [1.807, 2.05) is 11.3 Å². The molecule has 6 rings (SSSR count). The Hall–Kier alpha value is -3.36. The third kappa shape index (κ3) is 5.02. The molecule has 0 N–H and O–H groups in total. The molecule has 0 atom stereocenters. The first-order valence-corrected chi connectivity index (χ1v) is 15.1. The molecule has 0 spiro atoms. The molecule has 38 heavy (non-hydrogen) atoms. The van der Waals surface area contributed by atoms with Gasteiger partial charge in [0.2, 0.25) is 0 Å². The number of hydrogen-bond donors (Lipinski definition) is 0. The second-order valence-electron chi connectivity index (χ2n) is 10.6. The molecule has 192 valence electrons. The van der Waals surface area contributed by atoms with Crippen molar-refractivity contribution in [2.45, 2.75) is 65.2 Å². The van der Waals surface area contributed by atoms with E-state index in [9.17, 15) is 0 Å². The van der Waals surface area contributed by atoms with Gasteiger partial charge in [0.15, 0.2) is 5.58 Å². The van der Waals surface area contributed by atoms with Crippen LogP contribution in [0.2, 0.25) is 0 Å². The number of furan rings is 1. The van der Waals surface area contributed by atoms with Gasteiger partial charge in [0, 0.05) is 15.5 Å². The van der Waals surface area contributed by atoms with Gasteiger partial charge >= 0.3 is 0 Å². The van der Waals surface area contributed by atoms with Crippen molar-refractivity contribution in [3.05, 3.63) is 96.1 Å². The van der Waals surface area contributed by atoms with E-state index in [1.54, 1.807) is 0 Å². The summed E-state index contributed by atoms with van der Waals surface area (Å²) in [5, 5.41) is 2.42. The van der Waals surface area contributed by atoms with Crippen molar-refractivity contribution in [2.24, 2.45) is 0 Å². The Labute approximate surface area is 230 Å². The first kappa shape index (κ1) is 24.9. The van der Waals surface area contributed by atoms with E-state index < -0.39 is 0 Å². The number of thiophene rings is 1. The SMILES string of the molecule is CCCCCc1ccc(-c2ccc3c(c2)oc2c4ccc(-c5ccc(CCCCC)cc5)cc4sc32)cc1. The Bertz CT molecular complexity index is 1540. The molecule has 4 aromatic carbocycles. The summed E-state index contributed by atoms with van der Waals surface area (Å²) in [6.07, 6.45) is 10.0. The second-order valence-corrected chi connectivity index (χ2v) is 11.6. The van der Waals surface area contributed by atoms with E-state index in [-0.39, 0.29) is 0 Å². The van der Waals surface area contributed by atoms with Crippen LogP contribution >= 0.6 is 11.3 Å². The van der Waals surface area contributed by atoms with Gasteiger partial charge in [-0.2, -0.15) is 0 Å². The lowest BCUT2D eigenvalue weighted by Crippen LogP contribution is -1.86. The van der Waals surface area contributed by atoms with E-state index in [1.165, 1.54) is 105 Å². The van der Waals surface area contributed by atoms with Gasteiger partial charge < -0.3 is 4.42 Å². The first-order chi connectivity index (χ1) is 18.7. The van der Waals surface area contributed by atoms with Crippen molar-refractivity contribution in [2.75, 3.05) is 0 Å². The molecule has 0 unspecified atom stereocenters. The summed E-state index contributed by atoms with van der Waals surface area (Å²) in [4.78, 5) is 0. The summed E-state index contributed by atoms with van der Waals surface area (Å²) in [6, 6.07) is 31.7. The minimum Gasteiger partial charge on any atom is -0.454 e. The molecule has 0 saturated carbocycles. The van der Waals surface area contributed by atoms with Gasteiger partial charge in [-0.05, 0) is 83.3 Å². The molecule has 6 aromatic rings. The lowest BCUT2D eigenvalue weighted by molar-refractivity contribution is 0.673. The van der Waals surface area contributed by atoms with Gasteiger partial charge in [-0.25, -0.2) is 0 Å². The zero-order valence-electron chi connectivity index (χ0n) is 22.6. The quantitative estimate of drug-likeness (QED) is 0.165. The highest BCUT2D eigenvalue weighted by Crippen LogP contribution is 2.42. The van der Waals surface area contributed by atoms with Crippen LogP contribution in [0.25, 0.3) is 53.6 Å². The van der Waals surface area contributed by atoms with Crippen molar-refractivity contribution in [1.82, 2.24) is 0 Å². The van der Waals surface area contributed by atoms with Gasteiger partial charge in [0.1, 0.15) is 5.58 Å². The lowest BCUT2D eigenvalue weighted by atomic mass is 10.0. The monoisotopic (exact) mass is 516 g/mol. The molecule has 0 radical (unpaired) electrons. The topological polar surface area (TPSA) is 13.1 Å². The van der Waals surface area contributed by atoms with Crippen molar-refractivity contribution in [1.29, 1.82) is 0 Å². The van der Waals surface area contributed by atoms with Crippen LogP contribution in [-0.2, 0) is 12.8 Å². The van der Waals surface area contributed by atoms with Crippen LogP contribution in [0, 0.1) is 0 Å². The molecule has 0 amide bonds. The van der Waals surface area contributed by atoms with E-state index >= 15 is 0 Å². The largest absolute Gasteiger partial charge is 0.454 e. The minimum absolute atomic E-state index is 0.973. The van der Waals surface area contributed by atoms with Crippen LogP contribution in [0.4, 0.5) is 0 Å². The fourth-order valence-corrected chi connectivity index (χ4v) is 6.70. The Balaban J connectivity index is 1.26. The minimum atomic E-state index is 0.973. The van der Waals surface area contributed by atoms with E-state index in [0.717, 1.165) is 11.2 Å². The smallest absolute Gasteiger partial charge is 0.154 e. The highest BCUT2D eigenvalue weighted by Gasteiger charge is 2.15. The average Bonchev–Trinajstić information content (AvgIpc) is 3.49. The lowest BCUT2D eigenvalue weighted by Gasteiger charge is -2.05. The third-order valence-electron chi connectivity index (χ3n) is 7.80. The van der Waals surface area contributed by atoms with Crippen LogP contribution in [0.3, 0.4) is 0 Å². The number of fused-ring (bicyclic) bond motifs is 5. The summed E-state index contributed by atoms with van der Waals surface area (Å²) >= 11 is 1.84. The Kier molecular flexibility index (Phi) is 7.33. The zero-order chi connectivity index (χ0) is 25.9. The van der Waals surface area contributed by atoms with Crippen molar-refractivity contribution >= 4 is 42.7 Å². The van der Waals surface area contributed by atoms with E-state index in [2.05, 4.69) is 98.8 Å². The van der Waals surface area contributed by atoms with Crippen molar-refractivity contribution in [3.8, 4) is 22.3 Å². The van der Waals surface area contributed by atoms with E-state index in [4.69, 9.17) is 4.42 Å². The summed E-state index contributed by atoms with van der Waals surface area (Å²) in [7, 11) is 0. The van der Waals surface area contributed by atoms with Crippen LogP contribution in [0.5, 0.6) is 0 Å². The number of hydrogen-bond acceptors (Lipinski definition) is 2. The highest BCUT2D eigenvalue weighted by atomic mass is 32.1. The number of unbranched alkanes of at least 4 members (excludes halogenated alkanes) is 4. The second kappa shape index (κ2) is 11.2. The number of benzene rings is 4. The Morgan fingerprint density at radius 3 is 1.66 bits per heavy atom. The van der Waals surface area contributed by atoms with Gasteiger partial charge in [0.25, 0.3) is 0 Å². The van der Waals surface area contributed by atoms with Gasteiger partial charge in [0.05, 0.1) is 4.70 Å².